The van der Waals surface area contributed by atoms with Gasteiger partial charge in [-0.1, -0.05) is 24.3 Å². The van der Waals surface area contributed by atoms with Crippen LogP contribution in [0, 0.1) is 11.3 Å². The standard InChI is InChI=1S/C21H21N3O2/c22-14-16-5-7-17(8-6-16)15-24-11-9-21(10-12-24)13-20(25)23-18-3-1-2-4-19(18)26-21/h1-8H,9-13,15H2,(H,23,25). The number of para-hydroxylation sites is 2. The summed E-state index contributed by atoms with van der Waals surface area (Å²) in [7, 11) is 0. The van der Waals surface area contributed by atoms with Crippen molar-refractivity contribution in [3.63, 3.8) is 0 Å². The van der Waals surface area contributed by atoms with E-state index < -0.39 is 5.60 Å². The number of benzene rings is 2. The van der Waals surface area contributed by atoms with Crippen molar-refractivity contribution in [1.29, 1.82) is 5.26 Å². The molecule has 132 valence electrons. The Morgan fingerprint density at radius 3 is 2.58 bits per heavy atom. The number of rotatable bonds is 2. The predicted molar refractivity (Wildman–Crippen MR) is 98.7 cm³/mol. The Labute approximate surface area is 153 Å². The zero-order chi connectivity index (χ0) is 18.0. The Balaban J connectivity index is 1.43. The molecule has 1 N–H and O–H groups in total. The number of hydrogen-bond donors (Lipinski definition) is 1. The lowest BCUT2D eigenvalue weighted by Crippen LogP contribution is -2.48. The Kier molecular flexibility index (Phi) is 4.36. The van der Waals surface area contributed by atoms with Crippen LogP contribution in [0.3, 0.4) is 0 Å². The summed E-state index contributed by atoms with van der Waals surface area (Å²) in [5.41, 5.74) is 2.22. The lowest BCUT2D eigenvalue weighted by Gasteiger charge is -2.40. The van der Waals surface area contributed by atoms with Gasteiger partial charge in [-0.3, -0.25) is 9.69 Å². The summed E-state index contributed by atoms with van der Waals surface area (Å²) < 4.78 is 6.34. The topological polar surface area (TPSA) is 65.4 Å². The van der Waals surface area contributed by atoms with Crippen LogP contribution in [0.25, 0.3) is 0 Å². The van der Waals surface area contributed by atoms with Crippen molar-refractivity contribution in [2.24, 2.45) is 0 Å². The lowest BCUT2D eigenvalue weighted by molar-refractivity contribution is -0.121. The third-order valence-corrected chi connectivity index (χ3v) is 5.23. The number of nitrogens with zero attached hydrogens (tertiary/aromatic N) is 2. The molecule has 0 atom stereocenters. The Morgan fingerprint density at radius 2 is 1.85 bits per heavy atom. The number of amides is 1. The normalized spacial score (nSPS) is 19.0. The van der Waals surface area contributed by atoms with Crippen LogP contribution in [-0.4, -0.2) is 29.5 Å². The largest absolute Gasteiger partial charge is 0.484 e. The van der Waals surface area contributed by atoms with E-state index in [1.165, 1.54) is 5.56 Å². The number of carbonyl (C=O) groups is 1. The first-order valence-electron chi connectivity index (χ1n) is 8.95. The lowest BCUT2D eigenvalue weighted by atomic mass is 9.87. The highest BCUT2D eigenvalue weighted by Crippen LogP contribution is 2.38. The molecule has 26 heavy (non-hydrogen) atoms. The van der Waals surface area contributed by atoms with E-state index in [1.54, 1.807) is 0 Å². The molecule has 1 amide bonds. The van der Waals surface area contributed by atoms with E-state index in [4.69, 9.17) is 10.00 Å². The van der Waals surface area contributed by atoms with Crippen LogP contribution in [0.4, 0.5) is 5.69 Å². The third kappa shape index (κ3) is 3.42. The number of ether oxygens (including phenoxy) is 1. The number of carbonyl (C=O) groups excluding carboxylic acids is 1. The van der Waals surface area contributed by atoms with Gasteiger partial charge in [0.1, 0.15) is 11.4 Å². The second-order valence-electron chi connectivity index (χ2n) is 7.09. The molecule has 0 aliphatic carbocycles. The summed E-state index contributed by atoms with van der Waals surface area (Å²) in [6.07, 6.45) is 2.04. The number of fused-ring (bicyclic) bond motifs is 1. The number of anilines is 1. The van der Waals surface area contributed by atoms with Gasteiger partial charge in [-0.2, -0.15) is 5.26 Å². The maximum Gasteiger partial charge on any atom is 0.228 e. The van der Waals surface area contributed by atoms with Crippen molar-refractivity contribution in [3.8, 4) is 11.8 Å². The smallest absolute Gasteiger partial charge is 0.228 e. The van der Waals surface area contributed by atoms with E-state index in [1.807, 2.05) is 48.5 Å². The summed E-state index contributed by atoms with van der Waals surface area (Å²) in [6.45, 7) is 2.62. The van der Waals surface area contributed by atoms with Gasteiger partial charge in [-0.25, -0.2) is 0 Å². The zero-order valence-electron chi connectivity index (χ0n) is 14.6. The SMILES string of the molecule is N#Cc1ccc(CN2CCC3(CC2)CC(=O)Nc2ccccc2O3)cc1. The van der Waals surface area contributed by atoms with Crippen molar-refractivity contribution in [3.05, 3.63) is 59.7 Å². The maximum absolute atomic E-state index is 12.3. The molecule has 0 aromatic heterocycles. The molecule has 0 saturated carbocycles. The molecule has 2 aliphatic heterocycles. The van der Waals surface area contributed by atoms with Crippen LogP contribution in [0.15, 0.2) is 48.5 Å². The summed E-state index contributed by atoms with van der Waals surface area (Å²) >= 11 is 0. The maximum atomic E-state index is 12.3. The monoisotopic (exact) mass is 347 g/mol. The molecule has 2 aromatic rings. The van der Waals surface area contributed by atoms with Crippen LogP contribution in [-0.2, 0) is 11.3 Å². The molecule has 2 heterocycles. The first kappa shape index (κ1) is 16.6. The highest BCUT2D eigenvalue weighted by molar-refractivity contribution is 5.93. The van der Waals surface area contributed by atoms with Gasteiger partial charge in [0.25, 0.3) is 0 Å². The van der Waals surface area contributed by atoms with Crippen LogP contribution in [0.1, 0.15) is 30.4 Å². The van der Waals surface area contributed by atoms with Gasteiger partial charge in [0.15, 0.2) is 0 Å². The van der Waals surface area contributed by atoms with Crippen molar-refractivity contribution < 1.29 is 9.53 Å². The molecule has 2 aromatic carbocycles. The minimum atomic E-state index is -0.419. The summed E-state index contributed by atoms with van der Waals surface area (Å²) in [5.74, 6) is 0.786. The van der Waals surface area contributed by atoms with Crippen LogP contribution >= 0.6 is 0 Å². The molecule has 4 rings (SSSR count). The molecule has 0 radical (unpaired) electrons. The molecule has 5 nitrogen and oxygen atoms in total. The average molecular weight is 347 g/mol. The number of piperidine rings is 1. The van der Waals surface area contributed by atoms with E-state index in [-0.39, 0.29) is 5.91 Å². The van der Waals surface area contributed by atoms with Crippen LogP contribution < -0.4 is 10.1 Å². The van der Waals surface area contributed by atoms with Crippen LogP contribution in [0.2, 0.25) is 0 Å². The Morgan fingerprint density at radius 1 is 1.12 bits per heavy atom. The molecule has 2 aliphatic rings. The molecule has 0 bridgehead atoms. The second-order valence-corrected chi connectivity index (χ2v) is 7.09. The quantitative estimate of drug-likeness (QED) is 0.905. The summed E-state index contributed by atoms with van der Waals surface area (Å²) in [5, 5.41) is 11.8. The van der Waals surface area contributed by atoms with Gasteiger partial charge < -0.3 is 10.1 Å². The van der Waals surface area contributed by atoms with Crippen LogP contribution in [0.5, 0.6) is 5.75 Å². The number of nitriles is 1. The molecule has 1 fully saturated rings. The fourth-order valence-electron chi connectivity index (χ4n) is 3.76. The molecular formula is C21H21N3O2. The number of likely N-dealkylation sites (tertiary alicyclic amines) is 1. The van der Waals surface area contributed by atoms with Gasteiger partial charge in [0, 0.05) is 32.5 Å². The van der Waals surface area contributed by atoms with E-state index in [0.717, 1.165) is 43.9 Å². The number of hydrogen-bond acceptors (Lipinski definition) is 4. The van der Waals surface area contributed by atoms with E-state index in [0.29, 0.717) is 12.0 Å². The van der Waals surface area contributed by atoms with Crippen molar-refractivity contribution in [2.75, 3.05) is 18.4 Å². The fraction of sp³-hybridized carbons (Fsp3) is 0.333. The molecule has 0 unspecified atom stereocenters. The fourth-order valence-corrected chi connectivity index (χ4v) is 3.76. The number of nitrogens with one attached hydrogen (secondary N) is 1. The van der Waals surface area contributed by atoms with E-state index in [2.05, 4.69) is 16.3 Å². The Bertz CT molecular complexity index is 846. The van der Waals surface area contributed by atoms with Crippen molar-refractivity contribution >= 4 is 11.6 Å². The van der Waals surface area contributed by atoms with Gasteiger partial charge >= 0.3 is 0 Å². The first-order chi connectivity index (χ1) is 12.7. The van der Waals surface area contributed by atoms with E-state index in [9.17, 15) is 4.79 Å². The van der Waals surface area contributed by atoms with Gasteiger partial charge in [0.2, 0.25) is 5.91 Å². The van der Waals surface area contributed by atoms with Crippen molar-refractivity contribution in [2.45, 2.75) is 31.4 Å². The zero-order valence-corrected chi connectivity index (χ0v) is 14.6. The third-order valence-electron chi connectivity index (χ3n) is 5.23. The predicted octanol–water partition coefficient (Wildman–Crippen LogP) is 3.31. The summed E-state index contributed by atoms with van der Waals surface area (Å²) in [4.78, 5) is 14.7. The minimum Gasteiger partial charge on any atom is -0.484 e. The molecular weight excluding hydrogens is 326 g/mol. The molecule has 5 heteroatoms. The van der Waals surface area contributed by atoms with E-state index >= 15 is 0 Å². The molecule has 1 saturated heterocycles. The van der Waals surface area contributed by atoms with Crippen molar-refractivity contribution in [1.82, 2.24) is 4.90 Å². The minimum absolute atomic E-state index is 0.0236. The van der Waals surface area contributed by atoms with Gasteiger partial charge in [-0.15, -0.1) is 0 Å². The molecule has 1 spiro atoms. The van der Waals surface area contributed by atoms with Gasteiger partial charge in [-0.05, 0) is 29.8 Å². The van der Waals surface area contributed by atoms with Gasteiger partial charge in [0.05, 0.1) is 23.7 Å². The highest BCUT2D eigenvalue weighted by atomic mass is 16.5. The Hall–Kier alpha value is -2.84. The summed E-state index contributed by atoms with van der Waals surface area (Å²) in [6, 6.07) is 17.5. The first-order valence-corrected chi connectivity index (χ1v) is 8.95. The highest BCUT2D eigenvalue weighted by Gasteiger charge is 2.40. The average Bonchev–Trinajstić information content (AvgIpc) is 2.79. The second kappa shape index (κ2) is 6.81.